The number of aliphatic hydroxyl groups is 1. The molecule has 1 aliphatic carbocycles. The quantitative estimate of drug-likeness (QED) is 0.819. The van der Waals surface area contributed by atoms with Crippen LogP contribution in [0.5, 0.6) is 0 Å². The first-order valence-corrected chi connectivity index (χ1v) is 5.77. The average Bonchev–Trinajstić information content (AvgIpc) is 2.21. The third-order valence-electron chi connectivity index (χ3n) is 3.25. The fraction of sp³-hybridized carbons (Fsp3) is 0.538. The van der Waals surface area contributed by atoms with Gasteiger partial charge >= 0.3 is 0 Å². The van der Waals surface area contributed by atoms with Gasteiger partial charge in [-0.05, 0) is 32.3 Å². The summed E-state index contributed by atoms with van der Waals surface area (Å²) in [6.45, 7) is 2.98. The molecular weight excluding hydrogens is 205 g/mol. The fourth-order valence-electron chi connectivity index (χ4n) is 2.03. The first kappa shape index (κ1) is 11.6. The zero-order valence-electron chi connectivity index (χ0n) is 9.59. The van der Waals surface area contributed by atoms with Crippen LogP contribution in [0.15, 0.2) is 18.2 Å². The van der Waals surface area contributed by atoms with Crippen LogP contribution in [0.4, 0.5) is 4.39 Å². The summed E-state index contributed by atoms with van der Waals surface area (Å²) in [6.07, 6.45) is 2.81. The lowest BCUT2D eigenvalue weighted by atomic mass is 9.80. The third kappa shape index (κ3) is 2.60. The lowest BCUT2D eigenvalue weighted by Gasteiger charge is -2.36. The molecule has 0 amide bonds. The molecule has 0 unspecified atom stereocenters. The Hall–Kier alpha value is -0.930. The van der Waals surface area contributed by atoms with E-state index >= 15 is 0 Å². The summed E-state index contributed by atoms with van der Waals surface area (Å²) in [7, 11) is 0. The van der Waals surface area contributed by atoms with E-state index in [-0.39, 0.29) is 5.82 Å². The maximum Gasteiger partial charge on any atom is 0.127 e. The minimum absolute atomic E-state index is 0.182. The number of hydrogen-bond donors (Lipinski definition) is 2. The molecule has 0 saturated heterocycles. The van der Waals surface area contributed by atoms with Crippen molar-refractivity contribution in [3.63, 3.8) is 0 Å². The van der Waals surface area contributed by atoms with Crippen LogP contribution >= 0.6 is 0 Å². The van der Waals surface area contributed by atoms with Gasteiger partial charge in [0.2, 0.25) is 0 Å². The van der Waals surface area contributed by atoms with Gasteiger partial charge in [-0.25, -0.2) is 4.39 Å². The highest BCUT2D eigenvalue weighted by atomic mass is 19.1. The highest BCUT2D eigenvalue weighted by Gasteiger charge is 2.33. The van der Waals surface area contributed by atoms with E-state index in [1.165, 1.54) is 6.07 Å². The lowest BCUT2D eigenvalue weighted by Crippen LogP contribution is -2.46. The summed E-state index contributed by atoms with van der Waals surface area (Å²) >= 11 is 0. The van der Waals surface area contributed by atoms with E-state index < -0.39 is 5.60 Å². The predicted octanol–water partition coefficient (Wildman–Crippen LogP) is 2.14. The normalized spacial score (nSPS) is 18.2. The van der Waals surface area contributed by atoms with Crippen LogP contribution in [0.2, 0.25) is 0 Å². The van der Waals surface area contributed by atoms with E-state index in [1.807, 2.05) is 13.0 Å². The predicted molar refractivity (Wildman–Crippen MR) is 61.6 cm³/mol. The number of halogens is 1. The van der Waals surface area contributed by atoms with Gasteiger partial charge in [0, 0.05) is 18.7 Å². The van der Waals surface area contributed by atoms with Crippen LogP contribution in [-0.4, -0.2) is 17.3 Å². The van der Waals surface area contributed by atoms with E-state index in [1.54, 1.807) is 6.07 Å². The zero-order valence-corrected chi connectivity index (χ0v) is 9.59. The summed E-state index contributed by atoms with van der Waals surface area (Å²) < 4.78 is 13.4. The van der Waals surface area contributed by atoms with Gasteiger partial charge in [0.1, 0.15) is 5.82 Å². The number of hydrogen-bond acceptors (Lipinski definition) is 2. The lowest BCUT2D eigenvalue weighted by molar-refractivity contribution is -0.0315. The molecule has 1 fully saturated rings. The number of rotatable bonds is 4. The highest BCUT2D eigenvalue weighted by molar-refractivity contribution is 5.23. The number of nitrogens with one attached hydrogen (secondary N) is 1. The van der Waals surface area contributed by atoms with E-state index in [4.69, 9.17) is 0 Å². The van der Waals surface area contributed by atoms with Crippen LogP contribution in [0.1, 0.15) is 30.4 Å². The molecule has 1 aliphatic rings. The third-order valence-corrected chi connectivity index (χ3v) is 3.25. The van der Waals surface area contributed by atoms with Crippen molar-refractivity contribution in [1.29, 1.82) is 0 Å². The minimum Gasteiger partial charge on any atom is -0.389 e. The van der Waals surface area contributed by atoms with Crippen molar-refractivity contribution >= 4 is 0 Å². The summed E-state index contributed by atoms with van der Waals surface area (Å²) in [5.74, 6) is -0.182. The van der Waals surface area contributed by atoms with Crippen LogP contribution in [0.3, 0.4) is 0 Å². The van der Waals surface area contributed by atoms with Gasteiger partial charge in [0.15, 0.2) is 0 Å². The molecule has 3 heteroatoms. The molecule has 88 valence electrons. The van der Waals surface area contributed by atoms with Gasteiger partial charge in [0.25, 0.3) is 0 Å². The van der Waals surface area contributed by atoms with Crippen molar-refractivity contribution in [2.24, 2.45) is 0 Å². The van der Waals surface area contributed by atoms with Gasteiger partial charge in [0.05, 0.1) is 5.60 Å². The SMILES string of the molecule is Cc1ccc(F)c(CNCC2(O)CCC2)c1. The summed E-state index contributed by atoms with van der Waals surface area (Å²) in [4.78, 5) is 0. The smallest absolute Gasteiger partial charge is 0.127 e. The molecule has 0 radical (unpaired) electrons. The van der Waals surface area contributed by atoms with Gasteiger partial charge in [-0.2, -0.15) is 0 Å². The topological polar surface area (TPSA) is 32.3 Å². The molecule has 0 atom stereocenters. The Labute approximate surface area is 95.5 Å². The van der Waals surface area contributed by atoms with Gasteiger partial charge in [-0.1, -0.05) is 17.7 Å². The molecule has 2 N–H and O–H groups in total. The van der Waals surface area contributed by atoms with E-state index in [2.05, 4.69) is 5.32 Å². The molecule has 2 nitrogen and oxygen atoms in total. The highest BCUT2D eigenvalue weighted by Crippen LogP contribution is 2.30. The van der Waals surface area contributed by atoms with Crippen molar-refractivity contribution in [1.82, 2.24) is 5.32 Å². The Morgan fingerprint density at radius 1 is 1.44 bits per heavy atom. The second-order valence-electron chi connectivity index (χ2n) is 4.78. The maximum atomic E-state index is 13.4. The Kier molecular flexibility index (Phi) is 3.26. The Morgan fingerprint density at radius 3 is 2.81 bits per heavy atom. The number of benzene rings is 1. The first-order valence-electron chi connectivity index (χ1n) is 5.77. The van der Waals surface area contributed by atoms with Gasteiger partial charge < -0.3 is 10.4 Å². The second-order valence-corrected chi connectivity index (χ2v) is 4.78. The van der Waals surface area contributed by atoms with Crippen LogP contribution < -0.4 is 5.32 Å². The molecule has 1 aromatic rings. The summed E-state index contributed by atoms with van der Waals surface area (Å²) in [6, 6.07) is 5.09. The molecule has 0 bridgehead atoms. The molecule has 0 aliphatic heterocycles. The zero-order chi connectivity index (χ0) is 11.6. The largest absolute Gasteiger partial charge is 0.389 e. The fourth-order valence-corrected chi connectivity index (χ4v) is 2.03. The Balaban J connectivity index is 1.87. The number of aryl methyl sites for hydroxylation is 1. The van der Waals surface area contributed by atoms with E-state index in [0.29, 0.717) is 18.7 Å². The molecular formula is C13H18FNO. The minimum atomic E-state index is -0.541. The Bertz CT molecular complexity index is 374. The van der Waals surface area contributed by atoms with Crippen molar-refractivity contribution < 1.29 is 9.50 Å². The van der Waals surface area contributed by atoms with Crippen LogP contribution in [0, 0.1) is 12.7 Å². The molecule has 0 heterocycles. The van der Waals surface area contributed by atoms with Crippen molar-refractivity contribution in [2.75, 3.05) is 6.54 Å². The van der Waals surface area contributed by atoms with Crippen molar-refractivity contribution in [2.45, 2.75) is 38.3 Å². The molecule has 0 spiro atoms. The van der Waals surface area contributed by atoms with E-state index in [0.717, 1.165) is 24.8 Å². The molecule has 0 aromatic heterocycles. The second kappa shape index (κ2) is 4.52. The van der Waals surface area contributed by atoms with Gasteiger partial charge in [-0.3, -0.25) is 0 Å². The van der Waals surface area contributed by atoms with Crippen molar-refractivity contribution in [3.8, 4) is 0 Å². The standard InChI is InChI=1S/C13H18FNO/c1-10-3-4-12(14)11(7-10)8-15-9-13(16)5-2-6-13/h3-4,7,15-16H,2,5-6,8-9H2,1H3. The molecule has 1 saturated carbocycles. The first-order chi connectivity index (χ1) is 7.59. The average molecular weight is 223 g/mol. The van der Waals surface area contributed by atoms with Crippen LogP contribution in [-0.2, 0) is 6.54 Å². The van der Waals surface area contributed by atoms with Gasteiger partial charge in [-0.15, -0.1) is 0 Å². The maximum absolute atomic E-state index is 13.4. The Morgan fingerprint density at radius 2 is 2.19 bits per heavy atom. The van der Waals surface area contributed by atoms with E-state index in [9.17, 15) is 9.50 Å². The molecule has 2 rings (SSSR count). The molecule has 1 aromatic carbocycles. The van der Waals surface area contributed by atoms with Crippen molar-refractivity contribution in [3.05, 3.63) is 35.1 Å². The summed E-state index contributed by atoms with van der Waals surface area (Å²) in [5, 5.41) is 13.0. The monoisotopic (exact) mass is 223 g/mol. The van der Waals surface area contributed by atoms with Crippen LogP contribution in [0.25, 0.3) is 0 Å². The molecule has 16 heavy (non-hydrogen) atoms. The summed E-state index contributed by atoms with van der Waals surface area (Å²) in [5.41, 5.74) is 1.18.